The van der Waals surface area contributed by atoms with E-state index in [0.717, 1.165) is 0 Å². The van der Waals surface area contributed by atoms with E-state index in [1.807, 2.05) is 0 Å². The molecule has 1 aromatic heterocycles. The Morgan fingerprint density at radius 2 is 2.24 bits per heavy atom. The predicted molar refractivity (Wildman–Crippen MR) is 90.6 cm³/mol. The van der Waals surface area contributed by atoms with Gasteiger partial charge in [-0.05, 0) is 24.6 Å². The average molecular weight is 365 g/mol. The van der Waals surface area contributed by atoms with Crippen LogP contribution in [0.4, 0.5) is 4.39 Å². The van der Waals surface area contributed by atoms with Crippen LogP contribution in [0.3, 0.4) is 0 Å². The molecular formula is C17H18ClFN4O2. The van der Waals surface area contributed by atoms with E-state index in [-0.39, 0.29) is 35.8 Å². The standard InChI is InChI=1S/C17H18ClFN4O2/c1-10-15(18)16(22(2)21-10)17(25)20-13-7-14(24)23(9-13)8-11-4-3-5-12(19)6-11/h3-6,13H,7-9H2,1-2H3,(H,20,25)/t13-/m1/s1. The van der Waals surface area contributed by atoms with Crippen LogP contribution >= 0.6 is 11.6 Å². The summed E-state index contributed by atoms with van der Waals surface area (Å²) in [6.45, 7) is 2.41. The summed E-state index contributed by atoms with van der Waals surface area (Å²) < 4.78 is 14.7. The van der Waals surface area contributed by atoms with Crippen LogP contribution in [0.15, 0.2) is 24.3 Å². The molecule has 1 aliphatic rings. The Morgan fingerprint density at radius 1 is 1.48 bits per heavy atom. The van der Waals surface area contributed by atoms with Crippen LogP contribution < -0.4 is 5.32 Å². The topological polar surface area (TPSA) is 67.2 Å². The van der Waals surface area contributed by atoms with Crippen molar-refractivity contribution in [1.29, 1.82) is 0 Å². The van der Waals surface area contributed by atoms with Crippen molar-refractivity contribution >= 4 is 23.4 Å². The van der Waals surface area contributed by atoms with Gasteiger partial charge in [0.15, 0.2) is 0 Å². The molecule has 2 heterocycles. The number of aromatic nitrogens is 2. The van der Waals surface area contributed by atoms with Crippen molar-refractivity contribution in [3.05, 3.63) is 52.1 Å². The lowest BCUT2D eigenvalue weighted by atomic mass is 10.2. The van der Waals surface area contributed by atoms with Crippen LogP contribution in [-0.2, 0) is 18.4 Å². The van der Waals surface area contributed by atoms with E-state index in [4.69, 9.17) is 11.6 Å². The van der Waals surface area contributed by atoms with Gasteiger partial charge in [-0.3, -0.25) is 14.3 Å². The largest absolute Gasteiger partial charge is 0.346 e. The van der Waals surface area contributed by atoms with Crippen molar-refractivity contribution in [2.24, 2.45) is 7.05 Å². The van der Waals surface area contributed by atoms with Crippen LogP contribution in [-0.4, -0.2) is 39.1 Å². The van der Waals surface area contributed by atoms with Crippen molar-refractivity contribution < 1.29 is 14.0 Å². The maximum Gasteiger partial charge on any atom is 0.271 e. The molecule has 1 saturated heterocycles. The molecule has 0 aliphatic carbocycles. The first-order chi connectivity index (χ1) is 11.8. The summed E-state index contributed by atoms with van der Waals surface area (Å²) in [5, 5.41) is 7.24. The minimum absolute atomic E-state index is 0.0816. The molecular weight excluding hydrogens is 347 g/mol. The number of hydrogen-bond donors (Lipinski definition) is 1. The number of benzene rings is 1. The third kappa shape index (κ3) is 3.66. The normalized spacial score (nSPS) is 17.2. The van der Waals surface area contributed by atoms with Crippen LogP contribution in [0.2, 0.25) is 5.02 Å². The van der Waals surface area contributed by atoms with Gasteiger partial charge < -0.3 is 10.2 Å². The summed E-state index contributed by atoms with van der Waals surface area (Å²) in [5.74, 6) is -0.782. The Labute approximate surface area is 149 Å². The third-order valence-electron chi connectivity index (χ3n) is 4.18. The highest BCUT2D eigenvalue weighted by Gasteiger charge is 2.32. The van der Waals surface area contributed by atoms with Crippen LogP contribution in [0.1, 0.15) is 28.2 Å². The second-order valence-corrected chi connectivity index (χ2v) is 6.53. The summed E-state index contributed by atoms with van der Waals surface area (Å²) in [5.41, 5.74) is 1.56. The molecule has 1 fully saturated rings. The van der Waals surface area contributed by atoms with Crippen molar-refractivity contribution in [3.63, 3.8) is 0 Å². The molecule has 1 N–H and O–H groups in total. The zero-order chi connectivity index (χ0) is 18.1. The van der Waals surface area contributed by atoms with E-state index in [2.05, 4.69) is 10.4 Å². The number of rotatable bonds is 4. The Morgan fingerprint density at radius 3 is 2.88 bits per heavy atom. The van der Waals surface area contributed by atoms with Gasteiger partial charge in [0.1, 0.15) is 11.5 Å². The summed E-state index contributed by atoms with van der Waals surface area (Å²) in [7, 11) is 1.64. The fourth-order valence-corrected chi connectivity index (χ4v) is 3.26. The zero-order valence-corrected chi connectivity index (χ0v) is 14.7. The Balaban J connectivity index is 1.65. The first kappa shape index (κ1) is 17.4. The zero-order valence-electron chi connectivity index (χ0n) is 13.9. The lowest BCUT2D eigenvalue weighted by Crippen LogP contribution is -2.38. The number of nitrogens with zero attached hydrogens (tertiary/aromatic N) is 3. The number of aryl methyl sites for hydroxylation is 2. The van der Waals surface area contributed by atoms with Gasteiger partial charge in [0.25, 0.3) is 5.91 Å². The van der Waals surface area contributed by atoms with Gasteiger partial charge in [0.05, 0.1) is 16.8 Å². The maximum absolute atomic E-state index is 13.3. The Hall–Kier alpha value is -2.41. The molecule has 2 aromatic rings. The highest BCUT2D eigenvalue weighted by molar-refractivity contribution is 6.34. The van der Waals surface area contributed by atoms with Crippen LogP contribution in [0.25, 0.3) is 0 Å². The number of halogens is 2. The van der Waals surface area contributed by atoms with Crippen LogP contribution in [0, 0.1) is 12.7 Å². The van der Waals surface area contributed by atoms with Crippen molar-refractivity contribution in [2.75, 3.05) is 6.54 Å². The minimum atomic E-state index is -0.362. The summed E-state index contributed by atoms with van der Waals surface area (Å²) in [4.78, 5) is 26.2. The molecule has 1 aromatic carbocycles. The van der Waals surface area contributed by atoms with E-state index in [1.54, 1.807) is 31.0 Å². The molecule has 2 amide bonds. The predicted octanol–water partition coefficient (Wildman–Crippen LogP) is 2.05. The lowest BCUT2D eigenvalue weighted by Gasteiger charge is -2.17. The second-order valence-electron chi connectivity index (χ2n) is 6.15. The first-order valence-electron chi connectivity index (χ1n) is 7.87. The van der Waals surface area contributed by atoms with Gasteiger partial charge >= 0.3 is 0 Å². The van der Waals surface area contributed by atoms with Crippen molar-refractivity contribution in [2.45, 2.75) is 25.9 Å². The fraction of sp³-hybridized carbons (Fsp3) is 0.353. The lowest BCUT2D eigenvalue weighted by molar-refractivity contribution is -0.128. The Kier molecular flexibility index (Phi) is 4.76. The van der Waals surface area contributed by atoms with E-state index in [9.17, 15) is 14.0 Å². The molecule has 0 spiro atoms. The summed E-state index contributed by atoms with van der Waals surface area (Å²) >= 11 is 6.12. The third-order valence-corrected chi connectivity index (χ3v) is 4.63. The van der Waals surface area contributed by atoms with E-state index in [0.29, 0.717) is 29.4 Å². The molecule has 6 nitrogen and oxygen atoms in total. The summed E-state index contributed by atoms with van der Waals surface area (Å²) in [6.07, 6.45) is 0.204. The molecule has 1 atom stereocenters. The van der Waals surface area contributed by atoms with Crippen molar-refractivity contribution in [3.8, 4) is 0 Å². The minimum Gasteiger partial charge on any atom is -0.346 e. The van der Waals surface area contributed by atoms with Gasteiger partial charge in [-0.25, -0.2) is 4.39 Å². The van der Waals surface area contributed by atoms with E-state index < -0.39 is 0 Å². The van der Waals surface area contributed by atoms with E-state index in [1.165, 1.54) is 16.8 Å². The summed E-state index contributed by atoms with van der Waals surface area (Å²) in [6, 6.07) is 5.81. The highest BCUT2D eigenvalue weighted by atomic mass is 35.5. The van der Waals surface area contributed by atoms with Gasteiger partial charge in [-0.2, -0.15) is 5.10 Å². The number of likely N-dealkylation sites (tertiary alicyclic amines) is 1. The number of carbonyl (C=O) groups excluding carboxylic acids is 2. The Bertz CT molecular complexity index is 836. The monoisotopic (exact) mass is 364 g/mol. The number of nitrogens with one attached hydrogen (secondary N) is 1. The number of carbonyl (C=O) groups is 2. The number of hydrogen-bond acceptors (Lipinski definition) is 3. The molecule has 0 radical (unpaired) electrons. The van der Waals surface area contributed by atoms with Gasteiger partial charge in [0.2, 0.25) is 5.91 Å². The quantitative estimate of drug-likeness (QED) is 0.903. The molecule has 0 unspecified atom stereocenters. The molecule has 8 heteroatoms. The number of amides is 2. The average Bonchev–Trinajstić information content (AvgIpc) is 2.98. The van der Waals surface area contributed by atoms with Gasteiger partial charge in [-0.1, -0.05) is 23.7 Å². The SMILES string of the molecule is Cc1nn(C)c(C(=O)N[C@@H]2CC(=O)N(Cc3cccc(F)c3)C2)c1Cl. The molecule has 132 valence electrons. The van der Waals surface area contributed by atoms with E-state index >= 15 is 0 Å². The molecule has 3 rings (SSSR count). The maximum atomic E-state index is 13.3. The van der Waals surface area contributed by atoms with Gasteiger partial charge in [-0.15, -0.1) is 0 Å². The van der Waals surface area contributed by atoms with Gasteiger partial charge in [0, 0.05) is 26.6 Å². The van der Waals surface area contributed by atoms with Crippen LogP contribution in [0.5, 0.6) is 0 Å². The second kappa shape index (κ2) is 6.84. The highest BCUT2D eigenvalue weighted by Crippen LogP contribution is 2.21. The first-order valence-corrected chi connectivity index (χ1v) is 8.25. The smallest absolute Gasteiger partial charge is 0.271 e. The molecule has 0 bridgehead atoms. The molecule has 1 aliphatic heterocycles. The molecule has 0 saturated carbocycles. The fourth-order valence-electron chi connectivity index (χ4n) is 3.01. The molecule has 25 heavy (non-hydrogen) atoms. The van der Waals surface area contributed by atoms with Crippen molar-refractivity contribution in [1.82, 2.24) is 20.0 Å².